The molecular formula is C13H12BrClN2. The zero-order valence-electron chi connectivity index (χ0n) is 9.45. The van der Waals surface area contributed by atoms with Gasteiger partial charge in [-0.05, 0) is 24.6 Å². The van der Waals surface area contributed by atoms with Crippen LogP contribution in [0, 0.1) is 0 Å². The summed E-state index contributed by atoms with van der Waals surface area (Å²) < 4.78 is 1.04. The Kier molecular flexibility index (Phi) is 4.13. The van der Waals surface area contributed by atoms with Crippen molar-refractivity contribution in [1.29, 1.82) is 0 Å². The van der Waals surface area contributed by atoms with Crippen molar-refractivity contribution in [2.75, 3.05) is 0 Å². The fraction of sp³-hybridized carbons (Fsp3) is 0.231. The Hall–Kier alpha value is -0.930. The van der Waals surface area contributed by atoms with E-state index < -0.39 is 0 Å². The number of hydrogen-bond donors (Lipinski definition) is 0. The molecule has 0 spiro atoms. The molecule has 0 fully saturated rings. The highest BCUT2D eigenvalue weighted by Gasteiger charge is 2.05. The van der Waals surface area contributed by atoms with Gasteiger partial charge in [0.25, 0.3) is 0 Å². The monoisotopic (exact) mass is 310 g/mol. The van der Waals surface area contributed by atoms with E-state index >= 15 is 0 Å². The van der Waals surface area contributed by atoms with E-state index in [2.05, 4.69) is 32.8 Å². The van der Waals surface area contributed by atoms with Gasteiger partial charge in [0.2, 0.25) is 0 Å². The smallest absolute Gasteiger partial charge is 0.161 e. The summed E-state index contributed by atoms with van der Waals surface area (Å²) in [5.41, 5.74) is 1.97. The zero-order chi connectivity index (χ0) is 12.3. The molecule has 0 atom stereocenters. The Morgan fingerprint density at radius 3 is 2.53 bits per heavy atom. The maximum Gasteiger partial charge on any atom is 0.161 e. The summed E-state index contributed by atoms with van der Waals surface area (Å²) in [6.07, 6.45) is 1.97. The average Bonchev–Trinajstić information content (AvgIpc) is 2.29. The number of hydrogen-bond acceptors (Lipinski definition) is 2. The highest BCUT2D eigenvalue weighted by atomic mass is 79.9. The summed E-state index contributed by atoms with van der Waals surface area (Å²) in [4.78, 5) is 8.77. The summed E-state index contributed by atoms with van der Waals surface area (Å²) >= 11 is 9.41. The fourth-order valence-electron chi connectivity index (χ4n) is 1.58. The van der Waals surface area contributed by atoms with Crippen molar-refractivity contribution in [3.05, 3.63) is 45.7 Å². The summed E-state index contributed by atoms with van der Waals surface area (Å²) in [6.45, 7) is 2.12. The van der Waals surface area contributed by atoms with Crippen LogP contribution >= 0.6 is 27.5 Å². The highest BCUT2D eigenvalue weighted by Crippen LogP contribution is 2.21. The van der Waals surface area contributed by atoms with E-state index in [4.69, 9.17) is 11.6 Å². The van der Waals surface area contributed by atoms with Gasteiger partial charge in [-0.1, -0.05) is 53.0 Å². The molecule has 0 unspecified atom stereocenters. The van der Waals surface area contributed by atoms with Crippen LogP contribution in [0.4, 0.5) is 0 Å². The van der Waals surface area contributed by atoms with E-state index in [0.717, 1.165) is 28.6 Å². The molecular weight excluding hydrogens is 300 g/mol. The molecule has 0 N–H and O–H groups in total. The molecule has 0 amide bonds. The second-order valence-corrected chi connectivity index (χ2v) is 5.07. The van der Waals surface area contributed by atoms with Gasteiger partial charge in [0.15, 0.2) is 5.82 Å². The molecule has 0 bridgehead atoms. The van der Waals surface area contributed by atoms with E-state index in [1.165, 1.54) is 0 Å². The minimum absolute atomic E-state index is 0.501. The predicted molar refractivity (Wildman–Crippen MR) is 74.2 cm³/mol. The van der Waals surface area contributed by atoms with Gasteiger partial charge < -0.3 is 0 Å². The first kappa shape index (κ1) is 12.5. The lowest BCUT2D eigenvalue weighted by Gasteiger charge is -2.04. The van der Waals surface area contributed by atoms with Crippen LogP contribution in [0.3, 0.4) is 0 Å². The van der Waals surface area contributed by atoms with Gasteiger partial charge in [0.05, 0.1) is 0 Å². The van der Waals surface area contributed by atoms with Crippen molar-refractivity contribution in [2.45, 2.75) is 19.8 Å². The van der Waals surface area contributed by atoms with E-state index in [1.807, 2.05) is 30.3 Å². The molecule has 1 aromatic carbocycles. The van der Waals surface area contributed by atoms with Crippen LogP contribution in [0.25, 0.3) is 11.4 Å². The lowest BCUT2D eigenvalue weighted by molar-refractivity contribution is 0.875. The van der Waals surface area contributed by atoms with Crippen molar-refractivity contribution in [3.8, 4) is 11.4 Å². The second-order valence-electron chi connectivity index (χ2n) is 3.76. The molecule has 2 nitrogen and oxygen atoms in total. The van der Waals surface area contributed by atoms with E-state index in [9.17, 15) is 0 Å². The third kappa shape index (κ3) is 3.27. The predicted octanol–water partition coefficient (Wildman–Crippen LogP) is 4.51. The van der Waals surface area contributed by atoms with Crippen LogP contribution in [0.1, 0.15) is 19.0 Å². The first-order valence-corrected chi connectivity index (χ1v) is 6.65. The van der Waals surface area contributed by atoms with Crippen molar-refractivity contribution in [3.63, 3.8) is 0 Å². The summed E-state index contributed by atoms with van der Waals surface area (Å²) in [6, 6.07) is 9.72. The third-order valence-electron chi connectivity index (χ3n) is 2.36. The molecule has 0 radical (unpaired) electrons. The van der Waals surface area contributed by atoms with Crippen LogP contribution in [0.5, 0.6) is 0 Å². The molecule has 0 aliphatic heterocycles. The molecule has 17 heavy (non-hydrogen) atoms. The lowest BCUT2D eigenvalue weighted by atomic mass is 10.2. The normalized spacial score (nSPS) is 10.5. The van der Waals surface area contributed by atoms with Crippen molar-refractivity contribution in [2.24, 2.45) is 0 Å². The molecule has 88 valence electrons. The van der Waals surface area contributed by atoms with Gasteiger partial charge >= 0.3 is 0 Å². The largest absolute Gasteiger partial charge is 0.233 e. The molecule has 1 heterocycles. The molecule has 0 saturated heterocycles. The number of nitrogens with zero attached hydrogens (tertiary/aromatic N) is 2. The van der Waals surface area contributed by atoms with Crippen molar-refractivity contribution < 1.29 is 0 Å². The summed E-state index contributed by atoms with van der Waals surface area (Å²) in [5, 5.41) is 0.501. The molecule has 4 heteroatoms. The lowest BCUT2D eigenvalue weighted by Crippen LogP contribution is -1.95. The van der Waals surface area contributed by atoms with Crippen LogP contribution in [-0.2, 0) is 6.42 Å². The zero-order valence-corrected chi connectivity index (χ0v) is 11.8. The van der Waals surface area contributed by atoms with Crippen LogP contribution in [0.15, 0.2) is 34.8 Å². The Morgan fingerprint density at radius 2 is 1.88 bits per heavy atom. The Balaban J connectivity index is 2.40. The van der Waals surface area contributed by atoms with Gasteiger partial charge in [-0.15, -0.1) is 0 Å². The van der Waals surface area contributed by atoms with Gasteiger partial charge in [-0.2, -0.15) is 0 Å². The van der Waals surface area contributed by atoms with E-state index in [0.29, 0.717) is 11.0 Å². The maximum atomic E-state index is 6.01. The Morgan fingerprint density at radius 1 is 1.18 bits per heavy atom. The number of aromatic nitrogens is 2. The number of benzene rings is 1. The summed E-state index contributed by atoms with van der Waals surface area (Å²) in [7, 11) is 0. The number of halogens is 2. The van der Waals surface area contributed by atoms with Crippen molar-refractivity contribution >= 4 is 27.5 Å². The minimum atomic E-state index is 0.501. The molecule has 0 aliphatic rings. The molecule has 1 aromatic heterocycles. The molecule has 0 saturated carbocycles. The Labute approximate surface area is 114 Å². The fourth-order valence-corrected chi connectivity index (χ4v) is 2.05. The van der Waals surface area contributed by atoms with E-state index in [1.54, 1.807) is 0 Å². The third-order valence-corrected chi connectivity index (χ3v) is 3.08. The molecule has 2 aromatic rings. The maximum absolute atomic E-state index is 6.01. The molecule has 0 aliphatic carbocycles. The quantitative estimate of drug-likeness (QED) is 0.779. The SMILES string of the molecule is CCCc1cc(Cl)nc(-c2ccc(Br)cc2)n1. The summed E-state index contributed by atoms with van der Waals surface area (Å²) in [5.74, 6) is 0.688. The topological polar surface area (TPSA) is 25.8 Å². The second kappa shape index (κ2) is 5.61. The van der Waals surface area contributed by atoms with E-state index in [-0.39, 0.29) is 0 Å². The molecule has 2 rings (SSSR count). The van der Waals surface area contributed by atoms with Crippen LogP contribution in [0.2, 0.25) is 5.15 Å². The van der Waals surface area contributed by atoms with Crippen molar-refractivity contribution in [1.82, 2.24) is 9.97 Å². The highest BCUT2D eigenvalue weighted by molar-refractivity contribution is 9.10. The van der Waals surface area contributed by atoms with Crippen LogP contribution < -0.4 is 0 Å². The van der Waals surface area contributed by atoms with Gasteiger partial charge in [0, 0.05) is 15.7 Å². The van der Waals surface area contributed by atoms with Gasteiger partial charge in [0.1, 0.15) is 5.15 Å². The first-order chi connectivity index (χ1) is 8.19. The number of rotatable bonds is 3. The van der Waals surface area contributed by atoms with Gasteiger partial charge in [-0.25, -0.2) is 9.97 Å². The average molecular weight is 312 g/mol. The standard InChI is InChI=1S/C13H12BrClN2/c1-2-3-11-8-12(15)17-13(16-11)9-4-6-10(14)7-5-9/h4-8H,2-3H2,1H3. The Bertz CT molecular complexity index is 511. The number of aryl methyl sites for hydroxylation is 1. The van der Waals surface area contributed by atoms with Crippen LogP contribution in [-0.4, -0.2) is 9.97 Å². The minimum Gasteiger partial charge on any atom is -0.233 e. The first-order valence-electron chi connectivity index (χ1n) is 5.48. The van der Waals surface area contributed by atoms with Gasteiger partial charge in [-0.3, -0.25) is 0 Å².